The van der Waals surface area contributed by atoms with Gasteiger partial charge in [0, 0.05) is 0 Å². The first-order chi connectivity index (χ1) is 3.64. The number of hydrogen-bond acceptors (Lipinski definition) is 2. The van der Waals surface area contributed by atoms with Gasteiger partial charge < -0.3 is 0 Å². The lowest BCUT2D eigenvalue weighted by Gasteiger charge is -1.67. The fourth-order valence-electron chi connectivity index (χ4n) is 0. The lowest BCUT2D eigenvalue weighted by atomic mass is 10.9. The van der Waals surface area contributed by atoms with E-state index in [-0.39, 0.29) is 0 Å². The lowest BCUT2D eigenvalue weighted by Crippen LogP contribution is -1.94. The Labute approximate surface area is 57.8 Å². The van der Waals surface area contributed by atoms with Gasteiger partial charge in [-0.05, 0) is 23.2 Å². The third-order valence-electron chi connectivity index (χ3n) is 0.155. The molecule has 8 heavy (non-hydrogen) atoms. The van der Waals surface area contributed by atoms with E-state index in [0.29, 0.717) is 0 Å². The second-order valence-corrected chi connectivity index (χ2v) is 1.23. The van der Waals surface area contributed by atoms with Crippen LogP contribution in [0.3, 0.4) is 0 Å². The predicted octanol–water partition coefficient (Wildman–Crippen LogP) is 1.54. The predicted molar refractivity (Wildman–Crippen MR) is 33.1 cm³/mol. The zero-order valence-corrected chi connectivity index (χ0v) is 6.08. The van der Waals surface area contributed by atoms with E-state index in [2.05, 4.69) is 23.2 Å². The van der Waals surface area contributed by atoms with Gasteiger partial charge in [0.05, 0.1) is 0 Å². The van der Waals surface area contributed by atoms with Gasteiger partial charge in [0.15, 0.2) is 0 Å². The standard InChI is InChI=1S/C2Cl2O2.C2H6/c3-1(5)2(4)6;1-2/h;1-2H3. The highest BCUT2D eigenvalue weighted by molar-refractivity contribution is 6.97. The van der Waals surface area contributed by atoms with Crippen molar-refractivity contribution in [2.24, 2.45) is 0 Å². The first kappa shape index (κ1) is 10.8. The summed E-state index contributed by atoms with van der Waals surface area (Å²) in [6.45, 7) is 4.00. The summed E-state index contributed by atoms with van der Waals surface area (Å²) < 4.78 is 0. The van der Waals surface area contributed by atoms with Gasteiger partial charge in [-0.15, -0.1) is 0 Å². The molecule has 0 aromatic heterocycles. The molecule has 0 atom stereocenters. The lowest BCUT2D eigenvalue weighted by molar-refractivity contribution is -0.127. The van der Waals surface area contributed by atoms with Crippen LogP contribution in [0.1, 0.15) is 13.8 Å². The van der Waals surface area contributed by atoms with E-state index < -0.39 is 10.5 Å². The molecule has 0 aliphatic heterocycles. The van der Waals surface area contributed by atoms with Crippen molar-refractivity contribution in [3.8, 4) is 0 Å². The highest BCUT2D eigenvalue weighted by atomic mass is 35.5. The van der Waals surface area contributed by atoms with Crippen LogP contribution in [0, 0.1) is 0 Å². The molecule has 2 nitrogen and oxygen atoms in total. The Balaban J connectivity index is 0. The zero-order valence-electron chi connectivity index (χ0n) is 4.57. The minimum absolute atomic E-state index is 1.14. The number of carbonyl (C=O) groups is 2. The first-order valence-corrected chi connectivity index (χ1v) is 2.79. The molecule has 0 heterocycles. The Bertz CT molecular complexity index is 78.0. The maximum Gasteiger partial charge on any atom is 0.304 e. The summed E-state index contributed by atoms with van der Waals surface area (Å²) in [4.78, 5) is 18.9. The van der Waals surface area contributed by atoms with Crippen molar-refractivity contribution in [3.63, 3.8) is 0 Å². The van der Waals surface area contributed by atoms with Gasteiger partial charge in [0.1, 0.15) is 0 Å². The molecule has 0 aromatic rings. The van der Waals surface area contributed by atoms with Crippen molar-refractivity contribution in [3.05, 3.63) is 0 Å². The van der Waals surface area contributed by atoms with Gasteiger partial charge in [0.2, 0.25) is 0 Å². The second kappa shape index (κ2) is 6.92. The number of hydrogen-bond donors (Lipinski definition) is 0. The summed E-state index contributed by atoms with van der Waals surface area (Å²) in [5.41, 5.74) is 0. The molecule has 0 aromatic carbocycles. The van der Waals surface area contributed by atoms with Gasteiger partial charge >= 0.3 is 10.5 Å². The van der Waals surface area contributed by atoms with Crippen LogP contribution in [-0.2, 0) is 9.59 Å². The van der Waals surface area contributed by atoms with Crippen LogP contribution in [0.15, 0.2) is 0 Å². The molecule has 0 saturated carbocycles. The molecule has 4 heteroatoms. The van der Waals surface area contributed by atoms with Crippen molar-refractivity contribution in [2.75, 3.05) is 0 Å². The van der Waals surface area contributed by atoms with Crippen LogP contribution in [0.4, 0.5) is 0 Å². The Kier molecular flexibility index (Phi) is 9.36. The minimum Gasteiger partial charge on any atom is -0.271 e. The number of halogens is 2. The van der Waals surface area contributed by atoms with E-state index in [9.17, 15) is 9.59 Å². The number of rotatable bonds is 1. The van der Waals surface area contributed by atoms with Crippen LogP contribution in [0.5, 0.6) is 0 Å². The van der Waals surface area contributed by atoms with Gasteiger partial charge in [-0.3, -0.25) is 9.59 Å². The van der Waals surface area contributed by atoms with Crippen molar-refractivity contribution >= 4 is 33.7 Å². The Morgan fingerprint density at radius 2 is 1.12 bits per heavy atom. The fourth-order valence-corrected chi connectivity index (χ4v) is 0. The van der Waals surface area contributed by atoms with E-state index in [0.717, 1.165) is 0 Å². The van der Waals surface area contributed by atoms with Gasteiger partial charge in [-0.2, -0.15) is 0 Å². The number of carbonyl (C=O) groups excluding carboxylic acids is 2. The van der Waals surface area contributed by atoms with E-state index >= 15 is 0 Å². The molecular formula is C4H6Cl2O2. The molecule has 0 N–H and O–H groups in total. The molecule has 0 amide bonds. The fraction of sp³-hybridized carbons (Fsp3) is 0.500. The third-order valence-corrected chi connectivity index (χ3v) is 0.595. The maximum absolute atomic E-state index is 9.43. The smallest absolute Gasteiger partial charge is 0.271 e. The van der Waals surface area contributed by atoms with Crippen LogP contribution in [-0.4, -0.2) is 10.5 Å². The summed E-state index contributed by atoms with van der Waals surface area (Å²) in [7, 11) is 0. The van der Waals surface area contributed by atoms with Gasteiger partial charge in [-0.25, -0.2) is 0 Å². The molecule has 0 rings (SSSR count). The quantitative estimate of drug-likeness (QED) is 0.427. The van der Waals surface area contributed by atoms with Crippen molar-refractivity contribution in [2.45, 2.75) is 13.8 Å². The molecule has 48 valence electrons. The van der Waals surface area contributed by atoms with Crippen molar-refractivity contribution in [1.82, 2.24) is 0 Å². The Morgan fingerprint density at radius 3 is 1.12 bits per heavy atom. The summed E-state index contributed by atoms with van der Waals surface area (Å²) in [6, 6.07) is 0. The highest BCUT2D eigenvalue weighted by Crippen LogP contribution is 1.84. The topological polar surface area (TPSA) is 34.1 Å². The van der Waals surface area contributed by atoms with Crippen LogP contribution >= 0.6 is 23.2 Å². The third kappa shape index (κ3) is 9.33. The molecular weight excluding hydrogens is 151 g/mol. The maximum atomic E-state index is 9.43. The van der Waals surface area contributed by atoms with Crippen LogP contribution in [0.2, 0.25) is 0 Å². The minimum atomic E-state index is -1.14. The molecule has 0 aliphatic carbocycles. The second-order valence-electron chi connectivity index (χ2n) is 0.547. The van der Waals surface area contributed by atoms with Gasteiger partial charge in [-0.1, -0.05) is 13.8 Å². The van der Waals surface area contributed by atoms with Crippen molar-refractivity contribution < 1.29 is 9.59 Å². The largest absolute Gasteiger partial charge is 0.304 e. The van der Waals surface area contributed by atoms with E-state index in [1.54, 1.807) is 0 Å². The zero-order chi connectivity index (χ0) is 7.15. The molecule has 0 fully saturated rings. The van der Waals surface area contributed by atoms with Gasteiger partial charge in [0.25, 0.3) is 0 Å². The average molecular weight is 157 g/mol. The van der Waals surface area contributed by atoms with E-state index in [4.69, 9.17) is 0 Å². The summed E-state index contributed by atoms with van der Waals surface area (Å²) in [6.07, 6.45) is 0. The first-order valence-electron chi connectivity index (χ1n) is 2.04. The molecule has 0 spiro atoms. The molecule has 0 aliphatic rings. The SMILES string of the molecule is CC.O=C(Cl)C(=O)Cl. The van der Waals surface area contributed by atoms with Crippen LogP contribution in [0.25, 0.3) is 0 Å². The molecule has 0 bridgehead atoms. The molecule has 0 unspecified atom stereocenters. The van der Waals surface area contributed by atoms with E-state index in [1.165, 1.54) is 0 Å². The monoisotopic (exact) mass is 156 g/mol. The normalized spacial score (nSPS) is 6.50. The highest BCUT2D eigenvalue weighted by Gasteiger charge is 2.01. The Morgan fingerprint density at radius 1 is 1.00 bits per heavy atom. The summed E-state index contributed by atoms with van der Waals surface area (Å²) in [5, 5.41) is -2.28. The average Bonchev–Trinajstić information content (AvgIpc) is 1.72. The molecule has 0 saturated heterocycles. The Hall–Kier alpha value is -0.0800. The van der Waals surface area contributed by atoms with Crippen molar-refractivity contribution in [1.29, 1.82) is 0 Å². The van der Waals surface area contributed by atoms with E-state index in [1.807, 2.05) is 13.8 Å². The molecule has 0 radical (unpaired) electrons. The summed E-state index contributed by atoms with van der Waals surface area (Å²) in [5.74, 6) is 0. The van der Waals surface area contributed by atoms with Crippen LogP contribution < -0.4 is 0 Å². The summed E-state index contributed by atoms with van der Waals surface area (Å²) >= 11 is 8.98.